The summed E-state index contributed by atoms with van der Waals surface area (Å²) in [5.74, 6) is 2.78. The molecule has 3 heteroatoms. The molecule has 0 bridgehead atoms. The van der Waals surface area contributed by atoms with Crippen LogP contribution in [0.2, 0.25) is 0 Å². The van der Waals surface area contributed by atoms with E-state index < -0.39 is 0 Å². The molecule has 0 aliphatic heterocycles. The van der Waals surface area contributed by atoms with Crippen LogP contribution in [0.1, 0.15) is 90.2 Å². The molecule has 3 nitrogen and oxygen atoms in total. The zero-order valence-electron chi connectivity index (χ0n) is 19.1. The zero-order valence-corrected chi connectivity index (χ0v) is 19.1. The first-order chi connectivity index (χ1) is 14.8. The molecule has 3 rings (SSSR count). The summed E-state index contributed by atoms with van der Waals surface area (Å²) in [4.78, 5) is 0. The van der Waals surface area contributed by atoms with Crippen molar-refractivity contribution < 1.29 is 4.74 Å². The molecule has 0 unspecified atom stereocenters. The van der Waals surface area contributed by atoms with Crippen molar-refractivity contribution in [2.45, 2.75) is 90.9 Å². The van der Waals surface area contributed by atoms with Gasteiger partial charge in [0.15, 0.2) is 0 Å². The normalized spacial score (nSPS) is 19.0. The molecule has 0 amide bonds. The van der Waals surface area contributed by atoms with Crippen LogP contribution < -0.4 is 4.74 Å². The van der Waals surface area contributed by atoms with Crippen LogP contribution in [0.15, 0.2) is 36.4 Å². The number of ether oxygens (including phenoxy) is 1. The summed E-state index contributed by atoms with van der Waals surface area (Å²) in [6.07, 6.45) is 16.6. The molecule has 1 saturated carbocycles. The van der Waals surface area contributed by atoms with Crippen molar-refractivity contribution in [1.29, 1.82) is 0 Å². The number of benzene rings is 1. The predicted octanol–water partition coefficient (Wildman–Crippen LogP) is 7.64. The molecule has 0 atom stereocenters. The average Bonchev–Trinajstić information content (AvgIpc) is 2.79. The van der Waals surface area contributed by atoms with Gasteiger partial charge in [-0.15, -0.1) is 0 Å². The Morgan fingerprint density at radius 2 is 1.47 bits per heavy atom. The molecule has 0 saturated heterocycles. The Morgan fingerprint density at radius 3 is 2.10 bits per heavy atom. The monoisotopic (exact) mass is 408 g/mol. The maximum absolute atomic E-state index is 5.51. The highest BCUT2D eigenvalue weighted by atomic mass is 16.5. The van der Waals surface area contributed by atoms with E-state index >= 15 is 0 Å². The van der Waals surface area contributed by atoms with E-state index in [1.165, 1.54) is 70.6 Å². The number of nitrogens with zero attached hydrogens (tertiary/aromatic N) is 2. The van der Waals surface area contributed by atoms with E-state index in [2.05, 4.69) is 41.4 Å². The van der Waals surface area contributed by atoms with Crippen LogP contribution in [0.3, 0.4) is 0 Å². The summed E-state index contributed by atoms with van der Waals surface area (Å²) in [6.45, 7) is 4.98. The van der Waals surface area contributed by atoms with Crippen LogP contribution >= 0.6 is 0 Å². The molecule has 1 heterocycles. The second-order valence-electron chi connectivity index (χ2n) is 9.00. The molecule has 1 aromatic heterocycles. The topological polar surface area (TPSA) is 35.0 Å². The van der Waals surface area contributed by atoms with Gasteiger partial charge in [-0.3, -0.25) is 0 Å². The van der Waals surface area contributed by atoms with E-state index in [0.717, 1.165) is 41.0 Å². The van der Waals surface area contributed by atoms with Crippen LogP contribution in [-0.2, 0) is 6.42 Å². The number of hydrogen-bond donors (Lipinski definition) is 0. The Morgan fingerprint density at radius 1 is 0.767 bits per heavy atom. The molecule has 0 radical (unpaired) electrons. The predicted molar refractivity (Wildman–Crippen MR) is 126 cm³/mol. The quantitative estimate of drug-likeness (QED) is 0.338. The van der Waals surface area contributed by atoms with Crippen LogP contribution in [0.5, 0.6) is 5.75 Å². The van der Waals surface area contributed by atoms with Crippen molar-refractivity contribution >= 4 is 0 Å². The van der Waals surface area contributed by atoms with Gasteiger partial charge in [0, 0.05) is 5.56 Å². The molecule has 164 valence electrons. The Hall–Kier alpha value is -1.90. The van der Waals surface area contributed by atoms with E-state index in [0.29, 0.717) is 6.61 Å². The average molecular weight is 409 g/mol. The van der Waals surface area contributed by atoms with Crippen molar-refractivity contribution in [3.05, 3.63) is 42.1 Å². The van der Waals surface area contributed by atoms with Crippen molar-refractivity contribution in [3.8, 4) is 17.0 Å². The molecule has 30 heavy (non-hydrogen) atoms. The first kappa shape index (κ1) is 22.8. The highest BCUT2D eigenvalue weighted by molar-refractivity contribution is 5.59. The van der Waals surface area contributed by atoms with Crippen LogP contribution in [0.25, 0.3) is 11.3 Å². The summed E-state index contributed by atoms with van der Waals surface area (Å²) in [5.41, 5.74) is 3.15. The van der Waals surface area contributed by atoms with E-state index in [4.69, 9.17) is 4.74 Å². The van der Waals surface area contributed by atoms with Gasteiger partial charge >= 0.3 is 0 Å². The minimum Gasteiger partial charge on any atom is -0.494 e. The smallest absolute Gasteiger partial charge is 0.119 e. The van der Waals surface area contributed by atoms with Gasteiger partial charge in [0.1, 0.15) is 5.75 Å². The maximum Gasteiger partial charge on any atom is 0.119 e. The third kappa shape index (κ3) is 7.41. The fraction of sp³-hybridized carbons (Fsp3) is 0.630. The summed E-state index contributed by atoms with van der Waals surface area (Å²) in [6, 6.07) is 12.4. The molecule has 2 aromatic rings. The SMILES string of the molecule is CCCCCCCC1CCC(CCc2ccc(-c3ccc(OCC)cc3)nn2)CC1. The van der Waals surface area contributed by atoms with Gasteiger partial charge in [-0.1, -0.05) is 71.1 Å². The fourth-order valence-corrected chi connectivity index (χ4v) is 4.73. The first-order valence-corrected chi connectivity index (χ1v) is 12.3. The van der Waals surface area contributed by atoms with Crippen LogP contribution in [0, 0.1) is 11.8 Å². The molecule has 1 aliphatic rings. The minimum absolute atomic E-state index is 0.689. The van der Waals surface area contributed by atoms with E-state index in [-0.39, 0.29) is 0 Å². The standard InChI is InChI=1S/C27H40N2O/c1-3-5-6-7-8-9-22-10-12-23(13-11-22)14-17-25-18-21-27(29-28-25)24-15-19-26(20-16-24)30-4-2/h15-16,18-23H,3-14,17H2,1-2H3. The third-order valence-corrected chi connectivity index (χ3v) is 6.67. The van der Waals surface area contributed by atoms with Gasteiger partial charge in [0.2, 0.25) is 0 Å². The molecule has 1 fully saturated rings. The summed E-state index contributed by atoms with van der Waals surface area (Å²) in [7, 11) is 0. The Bertz CT molecular complexity index is 703. The lowest BCUT2D eigenvalue weighted by Crippen LogP contribution is -2.15. The third-order valence-electron chi connectivity index (χ3n) is 6.67. The van der Waals surface area contributed by atoms with Gasteiger partial charge in [-0.2, -0.15) is 10.2 Å². The molecule has 0 spiro atoms. The van der Waals surface area contributed by atoms with Gasteiger partial charge in [0.05, 0.1) is 18.0 Å². The highest BCUT2D eigenvalue weighted by Crippen LogP contribution is 2.34. The number of aromatic nitrogens is 2. The Labute approximate surface area is 183 Å². The van der Waals surface area contributed by atoms with Crippen molar-refractivity contribution in [2.24, 2.45) is 11.8 Å². The molecule has 0 N–H and O–H groups in total. The number of aryl methyl sites for hydroxylation is 1. The Balaban J connectivity index is 1.36. The van der Waals surface area contributed by atoms with Crippen molar-refractivity contribution in [3.63, 3.8) is 0 Å². The minimum atomic E-state index is 0.689. The highest BCUT2D eigenvalue weighted by Gasteiger charge is 2.20. The molecular formula is C27H40N2O. The van der Waals surface area contributed by atoms with Gasteiger partial charge in [0.25, 0.3) is 0 Å². The number of unbranched alkanes of at least 4 members (excludes halogenated alkanes) is 4. The van der Waals surface area contributed by atoms with Gasteiger partial charge in [-0.05, 0) is 68.0 Å². The second-order valence-corrected chi connectivity index (χ2v) is 9.00. The first-order valence-electron chi connectivity index (χ1n) is 12.3. The van der Waals surface area contributed by atoms with E-state index in [1.807, 2.05) is 19.1 Å². The van der Waals surface area contributed by atoms with Crippen LogP contribution in [0.4, 0.5) is 0 Å². The summed E-state index contributed by atoms with van der Waals surface area (Å²) in [5, 5.41) is 8.96. The molecular weight excluding hydrogens is 368 g/mol. The Kier molecular flexibility index (Phi) is 9.66. The summed E-state index contributed by atoms with van der Waals surface area (Å²) >= 11 is 0. The van der Waals surface area contributed by atoms with E-state index in [9.17, 15) is 0 Å². The lowest BCUT2D eigenvalue weighted by molar-refractivity contribution is 0.248. The largest absolute Gasteiger partial charge is 0.494 e. The second kappa shape index (κ2) is 12.7. The lowest BCUT2D eigenvalue weighted by Gasteiger charge is -2.28. The zero-order chi connectivity index (χ0) is 21.0. The van der Waals surface area contributed by atoms with Crippen molar-refractivity contribution in [1.82, 2.24) is 10.2 Å². The number of hydrogen-bond acceptors (Lipinski definition) is 3. The number of rotatable bonds is 12. The maximum atomic E-state index is 5.51. The molecule has 1 aliphatic carbocycles. The van der Waals surface area contributed by atoms with Crippen molar-refractivity contribution in [2.75, 3.05) is 6.61 Å². The van der Waals surface area contributed by atoms with Crippen LogP contribution in [-0.4, -0.2) is 16.8 Å². The lowest BCUT2D eigenvalue weighted by atomic mass is 9.78. The molecule has 1 aromatic carbocycles. The summed E-state index contributed by atoms with van der Waals surface area (Å²) < 4.78 is 5.51. The van der Waals surface area contributed by atoms with E-state index in [1.54, 1.807) is 0 Å². The fourth-order valence-electron chi connectivity index (χ4n) is 4.73. The van der Waals surface area contributed by atoms with Gasteiger partial charge < -0.3 is 4.74 Å². The van der Waals surface area contributed by atoms with Gasteiger partial charge in [-0.25, -0.2) is 0 Å².